The third-order valence-corrected chi connectivity index (χ3v) is 7.29. The molecule has 0 spiro atoms. The summed E-state index contributed by atoms with van der Waals surface area (Å²) in [7, 11) is 0. The van der Waals surface area contributed by atoms with Crippen LogP contribution in [0.15, 0.2) is 48.2 Å². The second-order valence-corrected chi connectivity index (χ2v) is 11.6. The number of amides is 4. The molecule has 4 N–H and O–H groups in total. The van der Waals surface area contributed by atoms with Crippen molar-refractivity contribution in [2.75, 3.05) is 0 Å². The molecule has 14 heteroatoms. The zero-order valence-electron chi connectivity index (χ0n) is 24.6. The maximum atomic E-state index is 13.8. The van der Waals surface area contributed by atoms with E-state index >= 15 is 0 Å². The van der Waals surface area contributed by atoms with Crippen LogP contribution in [0.25, 0.3) is 0 Å². The SMILES string of the molecule is CC(C)C[C@H](NC(=O)OCc1ccccc1)c1nc(C(=O)N(C(=O)Cc2cncn2C(=O)NN)[C@H](C=O)CC(C)C)cs1. The first-order valence-electron chi connectivity index (χ1n) is 13.8. The van der Waals surface area contributed by atoms with Gasteiger partial charge in [0.2, 0.25) is 5.91 Å². The molecule has 1 aromatic carbocycles. The highest BCUT2D eigenvalue weighted by molar-refractivity contribution is 7.09. The molecule has 3 aromatic rings. The number of ether oxygens (including phenoxy) is 1. The van der Waals surface area contributed by atoms with E-state index < -0.39 is 42.4 Å². The number of hydrazine groups is 1. The molecular formula is C29H37N7O6S. The predicted octanol–water partition coefficient (Wildman–Crippen LogP) is 3.61. The van der Waals surface area contributed by atoms with Crippen LogP contribution in [0.3, 0.4) is 0 Å². The van der Waals surface area contributed by atoms with Gasteiger partial charge >= 0.3 is 12.1 Å². The summed E-state index contributed by atoms with van der Waals surface area (Å²) in [6, 6.07) is 6.91. The molecule has 0 aliphatic rings. The minimum absolute atomic E-state index is 0.0145. The first-order valence-corrected chi connectivity index (χ1v) is 14.7. The van der Waals surface area contributed by atoms with E-state index in [0.29, 0.717) is 17.7 Å². The molecule has 0 bridgehead atoms. The maximum Gasteiger partial charge on any atom is 0.408 e. The first-order chi connectivity index (χ1) is 20.5. The third-order valence-electron chi connectivity index (χ3n) is 6.33. The van der Waals surface area contributed by atoms with Crippen molar-refractivity contribution in [3.05, 3.63) is 70.2 Å². The molecule has 0 aliphatic carbocycles. The number of nitrogen functional groups attached to an aromatic ring is 1. The summed E-state index contributed by atoms with van der Waals surface area (Å²) < 4.78 is 6.42. The molecular weight excluding hydrogens is 574 g/mol. The number of thiazole rings is 1. The minimum Gasteiger partial charge on any atom is -0.445 e. The van der Waals surface area contributed by atoms with Crippen LogP contribution < -0.4 is 16.6 Å². The molecule has 0 unspecified atom stereocenters. The van der Waals surface area contributed by atoms with Crippen molar-refractivity contribution in [2.24, 2.45) is 17.7 Å². The Morgan fingerprint density at radius 1 is 1.09 bits per heavy atom. The number of nitrogens with two attached hydrogens (primary N) is 1. The molecule has 2 heterocycles. The summed E-state index contributed by atoms with van der Waals surface area (Å²) in [5.41, 5.74) is 2.92. The number of carbonyl (C=O) groups excluding carboxylic acids is 5. The Labute approximate surface area is 253 Å². The lowest BCUT2D eigenvalue weighted by Gasteiger charge is -2.27. The van der Waals surface area contributed by atoms with Gasteiger partial charge in [-0.05, 0) is 30.2 Å². The van der Waals surface area contributed by atoms with Gasteiger partial charge in [0.1, 0.15) is 29.9 Å². The summed E-state index contributed by atoms with van der Waals surface area (Å²) in [5, 5.41) is 4.77. The Morgan fingerprint density at radius 3 is 2.42 bits per heavy atom. The highest BCUT2D eigenvalue weighted by Crippen LogP contribution is 2.26. The molecule has 0 saturated heterocycles. The van der Waals surface area contributed by atoms with E-state index in [2.05, 4.69) is 15.3 Å². The van der Waals surface area contributed by atoms with Crippen molar-refractivity contribution in [3.63, 3.8) is 0 Å². The highest BCUT2D eigenvalue weighted by atomic mass is 32.1. The zero-order chi connectivity index (χ0) is 31.5. The molecule has 0 saturated carbocycles. The largest absolute Gasteiger partial charge is 0.445 e. The fourth-order valence-corrected chi connectivity index (χ4v) is 5.22. The highest BCUT2D eigenvalue weighted by Gasteiger charge is 2.34. The molecule has 230 valence electrons. The number of carbonyl (C=O) groups is 5. The van der Waals surface area contributed by atoms with Crippen molar-refractivity contribution in [1.29, 1.82) is 0 Å². The summed E-state index contributed by atoms with van der Waals surface area (Å²) in [6.45, 7) is 7.80. The standard InChI is InChI=1S/C29H37N7O6S/c1-18(2)10-22(14-37)36(25(38)12-21-13-31-17-35(21)28(40)34-30)27(39)24-16-43-26(32-24)23(11-19(3)4)33-29(41)42-15-20-8-6-5-7-9-20/h5-9,13-14,16-19,22-23H,10-12,15,30H2,1-4H3,(H,33,41)(H,34,40)/t22-,23-/m0/s1. The number of nitrogens with one attached hydrogen (secondary N) is 2. The van der Waals surface area contributed by atoms with Crippen LogP contribution in [0.1, 0.15) is 73.3 Å². The molecule has 0 fully saturated rings. The fourth-order valence-electron chi connectivity index (χ4n) is 4.37. The van der Waals surface area contributed by atoms with Gasteiger partial charge in [0.25, 0.3) is 5.91 Å². The van der Waals surface area contributed by atoms with E-state index in [0.717, 1.165) is 26.4 Å². The average molecular weight is 612 g/mol. The number of benzene rings is 1. The van der Waals surface area contributed by atoms with Gasteiger partial charge in [-0.2, -0.15) is 0 Å². The molecule has 0 radical (unpaired) electrons. The molecule has 0 aliphatic heterocycles. The normalized spacial score (nSPS) is 12.4. The number of hydrogen-bond acceptors (Lipinski definition) is 10. The Morgan fingerprint density at radius 2 is 1.79 bits per heavy atom. The van der Waals surface area contributed by atoms with E-state index in [1.807, 2.05) is 63.5 Å². The summed E-state index contributed by atoms with van der Waals surface area (Å²) >= 11 is 1.15. The number of imidazole rings is 1. The molecule has 2 atom stereocenters. The van der Waals surface area contributed by atoms with Crippen molar-refractivity contribution >= 4 is 41.6 Å². The van der Waals surface area contributed by atoms with E-state index in [1.165, 1.54) is 17.9 Å². The lowest BCUT2D eigenvalue weighted by Crippen LogP contribution is -2.47. The predicted molar refractivity (Wildman–Crippen MR) is 159 cm³/mol. The smallest absolute Gasteiger partial charge is 0.408 e. The average Bonchev–Trinajstić information content (AvgIpc) is 3.65. The van der Waals surface area contributed by atoms with E-state index in [1.54, 1.807) is 0 Å². The quantitative estimate of drug-likeness (QED) is 0.113. The first kappa shape index (κ1) is 33.1. The summed E-state index contributed by atoms with van der Waals surface area (Å²) in [4.78, 5) is 73.4. The topological polar surface area (TPSA) is 179 Å². The van der Waals surface area contributed by atoms with Crippen LogP contribution in [-0.4, -0.2) is 55.7 Å². The number of aromatic nitrogens is 3. The number of aldehydes is 1. The van der Waals surface area contributed by atoms with Gasteiger partial charge in [0.15, 0.2) is 0 Å². The van der Waals surface area contributed by atoms with Gasteiger partial charge in [0, 0.05) is 11.6 Å². The van der Waals surface area contributed by atoms with Gasteiger partial charge in [-0.3, -0.25) is 24.5 Å². The van der Waals surface area contributed by atoms with Crippen molar-refractivity contribution < 1.29 is 28.7 Å². The lowest BCUT2D eigenvalue weighted by atomic mass is 10.0. The van der Waals surface area contributed by atoms with Crippen LogP contribution >= 0.6 is 11.3 Å². The number of hydrogen-bond donors (Lipinski definition) is 3. The van der Waals surface area contributed by atoms with E-state index in [4.69, 9.17) is 10.6 Å². The van der Waals surface area contributed by atoms with Gasteiger partial charge in [-0.25, -0.2) is 25.4 Å². The van der Waals surface area contributed by atoms with Crippen LogP contribution in [0.5, 0.6) is 0 Å². The second kappa shape index (κ2) is 15.7. The molecule has 4 amide bonds. The molecule has 13 nitrogen and oxygen atoms in total. The van der Waals surface area contributed by atoms with Gasteiger partial charge in [0.05, 0.1) is 24.2 Å². The number of alkyl carbamates (subject to hydrolysis) is 1. The minimum atomic E-state index is -1.07. The van der Waals surface area contributed by atoms with Crippen molar-refractivity contribution in [2.45, 2.75) is 65.6 Å². The molecule has 43 heavy (non-hydrogen) atoms. The summed E-state index contributed by atoms with van der Waals surface area (Å²) in [5.74, 6) is 3.88. The second-order valence-electron chi connectivity index (χ2n) is 10.7. The van der Waals surface area contributed by atoms with Crippen LogP contribution in [0.4, 0.5) is 9.59 Å². The zero-order valence-corrected chi connectivity index (χ0v) is 25.4. The lowest BCUT2D eigenvalue weighted by molar-refractivity contribution is -0.133. The van der Waals surface area contributed by atoms with Crippen molar-refractivity contribution in [3.8, 4) is 0 Å². The Hall–Kier alpha value is -4.43. The third kappa shape index (κ3) is 9.28. The maximum absolute atomic E-state index is 13.8. The van der Waals surface area contributed by atoms with Gasteiger partial charge in [-0.15, -0.1) is 11.3 Å². The number of imide groups is 1. The Kier molecular flexibility index (Phi) is 12.1. The molecule has 2 aromatic heterocycles. The van der Waals surface area contributed by atoms with Gasteiger partial charge < -0.3 is 14.8 Å². The van der Waals surface area contributed by atoms with E-state index in [-0.39, 0.29) is 36.3 Å². The fraction of sp³-hybridized carbons (Fsp3) is 0.414. The van der Waals surface area contributed by atoms with Crippen LogP contribution in [0.2, 0.25) is 0 Å². The summed E-state index contributed by atoms with van der Waals surface area (Å²) in [6.07, 6.45) is 2.75. The monoisotopic (exact) mass is 611 g/mol. The van der Waals surface area contributed by atoms with Crippen molar-refractivity contribution in [1.82, 2.24) is 30.2 Å². The number of rotatable bonds is 13. The molecule has 3 rings (SSSR count). The Balaban J connectivity index is 1.84. The van der Waals surface area contributed by atoms with Crippen LogP contribution in [0, 0.1) is 11.8 Å². The van der Waals surface area contributed by atoms with Gasteiger partial charge in [-0.1, -0.05) is 58.0 Å². The Bertz CT molecular complexity index is 1400. The van der Waals surface area contributed by atoms with Crippen LogP contribution in [-0.2, 0) is 27.4 Å². The van der Waals surface area contributed by atoms with E-state index in [9.17, 15) is 24.0 Å². The number of nitrogens with zero attached hydrogens (tertiary/aromatic N) is 4.